The number of halogens is 1. The maximum atomic E-state index is 10.6. The Hall–Kier alpha value is -0.630. The Balaban J connectivity index is 2.23. The van der Waals surface area contributed by atoms with Crippen molar-refractivity contribution in [3.63, 3.8) is 0 Å². The minimum absolute atomic E-state index is 0.689. The fraction of sp³-hybridized carbons (Fsp3) is 0.462. The maximum Gasteiger partial charge on any atom is 0.150 e. The second kappa shape index (κ2) is 4.93. The van der Waals surface area contributed by atoms with Crippen LogP contribution in [0.1, 0.15) is 53.9 Å². The molecule has 1 aromatic carbocycles. The molecule has 1 nitrogen and oxygen atoms in total. The van der Waals surface area contributed by atoms with Crippen molar-refractivity contribution in [1.29, 1.82) is 0 Å². The average Bonchev–Trinajstić information content (AvgIpc) is 2.30. The molecule has 0 spiro atoms. The van der Waals surface area contributed by atoms with Gasteiger partial charge in [0.15, 0.2) is 0 Å². The van der Waals surface area contributed by atoms with Crippen LogP contribution in [0, 0.1) is 0 Å². The Morgan fingerprint density at radius 2 is 1.93 bits per heavy atom. The minimum Gasteiger partial charge on any atom is -0.298 e. The maximum absolute atomic E-state index is 10.6. The molecule has 1 fully saturated rings. The van der Waals surface area contributed by atoms with E-state index in [0.717, 1.165) is 16.3 Å². The molecule has 0 aromatic heterocycles. The van der Waals surface area contributed by atoms with Gasteiger partial charge in [-0.15, -0.1) is 0 Å². The molecule has 80 valence electrons. The first kappa shape index (κ1) is 10.9. The SMILES string of the molecule is O=Cc1ccc(C2CCCCC2)c(Br)c1. The molecular formula is C13H15BrO. The van der Waals surface area contributed by atoms with Crippen molar-refractivity contribution in [3.05, 3.63) is 33.8 Å². The molecule has 1 aromatic rings. The third-order valence-corrected chi connectivity index (χ3v) is 3.89. The van der Waals surface area contributed by atoms with Crippen LogP contribution in [0.15, 0.2) is 22.7 Å². The summed E-state index contributed by atoms with van der Waals surface area (Å²) in [5, 5.41) is 0. The van der Waals surface area contributed by atoms with E-state index in [9.17, 15) is 4.79 Å². The molecule has 2 rings (SSSR count). The van der Waals surface area contributed by atoms with Gasteiger partial charge in [0.1, 0.15) is 6.29 Å². The van der Waals surface area contributed by atoms with E-state index in [1.165, 1.54) is 37.7 Å². The monoisotopic (exact) mass is 266 g/mol. The Morgan fingerprint density at radius 1 is 1.20 bits per heavy atom. The summed E-state index contributed by atoms with van der Waals surface area (Å²) in [6.45, 7) is 0. The number of rotatable bonds is 2. The fourth-order valence-corrected chi connectivity index (χ4v) is 3.08. The Labute approximate surface area is 99.0 Å². The highest BCUT2D eigenvalue weighted by atomic mass is 79.9. The van der Waals surface area contributed by atoms with Gasteiger partial charge < -0.3 is 0 Å². The van der Waals surface area contributed by atoms with Crippen molar-refractivity contribution in [2.75, 3.05) is 0 Å². The Kier molecular flexibility index (Phi) is 3.57. The molecule has 0 unspecified atom stereocenters. The standard InChI is InChI=1S/C13H15BrO/c14-13-8-10(9-15)6-7-12(13)11-4-2-1-3-5-11/h6-9,11H,1-5H2. The molecular weight excluding hydrogens is 252 g/mol. The van der Waals surface area contributed by atoms with Crippen LogP contribution in [0.4, 0.5) is 0 Å². The van der Waals surface area contributed by atoms with E-state index in [0.29, 0.717) is 5.92 Å². The van der Waals surface area contributed by atoms with Gasteiger partial charge in [-0.25, -0.2) is 0 Å². The van der Waals surface area contributed by atoms with Crippen LogP contribution in [0.5, 0.6) is 0 Å². The van der Waals surface area contributed by atoms with Crippen LogP contribution in [0.25, 0.3) is 0 Å². The number of benzene rings is 1. The predicted octanol–water partition coefficient (Wildman–Crippen LogP) is 4.31. The summed E-state index contributed by atoms with van der Waals surface area (Å²) >= 11 is 3.56. The highest BCUT2D eigenvalue weighted by Gasteiger charge is 2.17. The van der Waals surface area contributed by atoms with Crippen LogP contribution >= 0.6 is 15.9 Å². The van der Waals surface area contributed by atoms with E-state index in [4.69, 9.17) is 0 Å². The van der Waals surface area contributed by atoms with Crippen molar-refractivity contribution in [3.8, 4) is 0 Å². The molecule has 0 aliphatic heterocycles. The number of hydrogen-bond acceptors (Lipinski definition) is 1. The number of hydrogen-bond donors (Lipinski definition) is 0. The quantitative estimate of drug-likeness (QED) is 0.730. The van der Waals surface area contributed by atoms with E-state index >= 15 is 0 Å². The summed E-state index contributed by atoms with van der Waals surface area (Å²) in [4.78, 5) is 10.6. The fourth-order valence-electron chi connectivity index (χ4n) is 2.36. The zero-order valence-corrected chi connectivity index (χ0v) is 10.3. The van der Waals surface area contributed by atoms with Crippen molar-refractivity contribution in [1.82, 2.24) is 0 Å². The Bertz CT molecular complexity index is 354. The lowest BCUT2D eigenvalue weighted by Gasteiger charge is -2.23. The molecule has 1 aliphatic rings. The van der Waals surface area contributed by atoms with Crippen molar-refractivity contribution in [2.24, 2.45) is 0 Å². The van der Waals surface area contributed by atoms with Gasteiger partial charge in [-0.2, -0.15) is 0 Å². The van der Waals surface area contributed by atoms with Gasteiger partial charge in [0, 0.05) is 10.0 Å². The lowest BCUT2D eigenvalue weighted by Crippen LogP contribution is -2.05. The first-order chi connectivity index (χ1) is 7.31. The van der Waals surface area contributed by atoms with Gasteiger partial charge in [-0.1, -0.05) is 47.3 Å². The second-order valence-corrected chi connectivity index (χ2v) is 5.09. The summed E-state index contributed by atoms with van der Waals surface area (Å²) in [6, 6.07) is 5.95. The van der Waals surface area contributed by atoms with E-state index in [1.807, 2.05) is 12.1 Å². The lowest BCUT2D eigenvalue weighted by molar-refractivity contribution is 0.112. The van der Waals surface area contributed by atoms with E-state index in [-0.39, 0.29) is 0 Å². The van der Waals surface area contributed by atoms with Gasteiger partial charge in [0.05, 0.1) is 0 Å². The molecule has 1 saturated carbocycles. The van der Waals surface area contributed by atoms with Crippen LogP contribution in [0.2, 0.25) is 0 Å². The molecule has 0 atom stereocenters. The molecule has 0 amide bonds. The van der Waals surface area contributed by atoms with Gasteiger partial charge in [0.2, 0.25) is 0 Å². The van der Waals surface area contributed by atoms with Crippen LogP contribution in [0.3, 0.4) is 0 Å². The summed E-state index contributed by atoms with van der Waals surface area (Å²) in [5.41, 5.74) is 2.13. The smallest absolute Gasteiger partial charge is 0.150 e. The first-order valence-electron chi connectivity index (χ1n) is 5.56. The molecule has 0 N–H and O–H groups in total. The minimum atomic E-state index is 0.689. The number of aldehydes is 1. The van der Waals surface area contributed by atoms with Gasteiger partial charge in [-0.3, -0.25) is 4.79 Å². The van der Waals surface area contributed by atoms with Crippen LogP contribution in [-0.4, -0.2) is 6.29 Å². The van der Waals surface area contributed by atoms with Gasteiger partial charge in [0.25, 0.3) is 0 Å². The molecule has 1 aliphatic carbocycles. The molecule has 2 heteroatoms. The molecule has 0 radical (unpaired) electrons. The van der Waals surface area contributed by atoms with E-state index < -0.39 is 0 Å². The second-order valence-electron chi connectivity index (χ2n) is 4.23. The summed E-state index contributed by atoms with van der Waals surface area (Å²) < 4.78 is 1.10. The highest BCUT2D eigenvalue weighted by Crippen LogP contribution is 2.36. The third kappa shape index (κ3) is 2.49. The number of carbonyl (C=O) groups excluding carboxylic acids is 1. The molecule has 0 saturated heterocycles. The predicted molar refractivity (Wildman–Crippen MR) is 65.4 cm³/mol. The third-order valence-electron chi connectivity index (χ3n) is 3.21. The van der Waals surface area contributed by atoms with E-state index in [1.54, 1.807) is 0 Å². The normalized spacial score (nSPS) is 17.7. The highest BCUT2D eigenvalue weighted by molar-refractivity contribution is 9.10. The zero-order valence-electron chi connectivity index (χ0n) is 8.71. The van der Waals surface area contributed by atoms with E-state index in [2.05, 4.69) is 22.0 Å². The first-order valence-corrected chi connectivity index (χ1v) is 6.35. The molecule has 0 heterocycles. The topological polar surface area (TPSA) is 17.1 Å². The molecule has 15 heavy (non-hydrogen) atoms. The molecule has 0 bridgehead atoms. The van der Waals surface area contributed by atoms with Crippen molar-refractivity contribution < 1.29 is 4.79 Å². The van der Waals surface area contributed by atoms with Crippen molar-refractivity contribution >= 4 is 22.2 Å². The van der Waals surface area contributed by atoms with Crippen molar-refractivity contribution in [2.45, 2.75) is 38.0 Å². The lowest BCUT2D eigenvalue weighted by atomic mass is 9.84. The van der Waals surface area contributed by atoms with Crippen LogP contribution in [-0.2, 0) is 0 Å². The zero-order chi connectivity index (χ0) is 10.7. The van der Waals surface area contributed by atoms with Gasteiger partial charge >= 0.3 is 0 Å². The summed E-state index contributed by atoms with van der Waals surface area (Å²) in [6.07, 6.45) is 7.53. The summed E-state index contributed by atoms with van der Waals surface area (Å²) in [5.74, 6) is 0.689. The van der Waals surface area contributed by atoms with Gasteiger partial charge in [-0.05, 0) is 30.4 Å². The summed E-state index contributed by atoms with van der Waals surface area (Å²) in [7, 11) is 0. The Morgan fingerprint density at radius 3 is 2.53 bits per heavy atom. The number of carbonyl (C=O) groups is 1. The largest absolute Gasteiger partial charge is 0.298 e. The van der Waals surface area contributed by atoms with Crippen LogP contribution < -0.4 is 0 Å². The average molecular weight is 267 g/mol.